The van der Waals surface area contributed by atoms with Crippen molar-refractivity contribution >= 4 is 46.1 Å². The Morgan fingerprint density at radius 2 is 1.29 bits per heavy atom. The molecule has 0 amide bonds. The molecule has 0 aromatic carbocycles. The van der Waals surface area contributed by atoms with Gasteiger partial charge in [-0.15, -0.1) is 0 Å². The molecule has 2 unspecified atom stereocenters. The molecular formula is C16H26ClN7O8S2. The average Bonchev–Trinajstić information content (AvgIpc) is 3.43. The summed E-state index contributed by atoms with van der Waals surface area (Å²) < 4.78 is 8.89. The molecule has 192 valence electrons. The summed E-state index contributed by atoms with van der Waals surface area (Å²) in [5.74, 6) is 0.107. The summed E-state index contributed by atoms with van der Waals surface area (Å²) in [6, 6.07) is 0. The number of aromatic nitrogens is 4. The van der Waals surface area contributed by atoms with Gasteiger partial charge in [-0.05, 0) is 48.3 Å². The van der Waals surface area contributed by atoms with E-state index in [4.69, 9.17) is 27.7 Å². The van der Waals surface area contributed by atoms with Crippen molar-refractivity contribution in [3.05, 3.63) is 11.4 Å². The molecule has 34 heavy (non-hydrogen) atoms. The van der Waals surface area contributed by atoms with E-state index in [-0.39, 0.29) is 44.0 Å². The van der Waals surface area contributed by atoms with Crippen LogP contribution in [0.25, 0.3) is 0 Å². The van der Waals surface area contributed by atoms with Crippen LogP contribution in [0.15, 0.2) is 29.6 Å². The third-order valence-electron chi connectivity index (χ3n) is 3.94. The Balaban J connectivity index is 0.000000340. The second-order valence-corrected chi connectivity index (χ2v) is 10.0. The molecule has 0 fully saturated rings. The zero-order valence-corrected chi connectivity index (χ0v) is 20.9. The molecule has 2 aromatic rings. The Morgan fingerprint density at radius 1 is 0.882 bits per heavy atom. The van der Waals surface area contributed by atoms with E-state index in [1.165, 1.54) is 27.7 Å². The second-order valence-electron chi connectivity index (χ2n) is 7.67. The number of nitrogens with zero attached hydrogens (tertiary/aromatic N) is 6. The van der Waals surface area contributed by atoms with E-state index < -0.39 is 23.4 Å². The maximum Gasteiger partial charge on any atom is 0.200 e. The number of amidine groups is 1. The van der Waals surface area contributed by atoms with Crippen LogP contribution in [0.1, 0.15) is 39.1 Å². The van der Waals surface area contributed by atoms with Gasteiger partial charge in [-0.3, -0.25) is 0 Å². The van der Waals surface area contributed by atoms with Gasteiger partial charge in [0, 0.05) is 11.5 Å². The monoisotopic (exact) mass is 543 g/mol. The van der Waals surface area contributed by atoms with Gasteiger partial charge in [-0.1, -0.05) is 45.4 Å². The molecule has 0 spiro atoms. The summed E-state index contributed by atoms with van der Waals surface area (Å²) in [6.45, 7) is 5.96. The van der Waals surface area contributed by atoms with Gasteiger partial charge in [-0.25, -0.2) is 9.26 Å². The first-order chi connectivity index (χ1) is 15.7. The molecule has 0 saturated heterocycles. The number of rotatable bonds is 10. The molecule has 2 heterocycles. The lowest BCUT2D eigenvalue weighted by Gasteiger charge is -2.23. The third kappa shape index (κ3) is 9.24. The van der Waals surface area contributed by atoms with E-state index >= 15 is 0 Å². The summed E-state index contributed by atoms with van der Waals surface area (Å²) in [6.07, 6.45) is -1.91. The van der Waals surface area contributed by atoms with Crippen molar-refractivity contribution < 1.29 is 40.1 Å². The zero-order valence-electron chi connectivity index (χ0n) is 18.5. The largest absolute Gasteiger partial charge is 0.410 e. The standard InChI is InChI=1S/C8H12ClN3O4S.C8H14N4O4S/c2*1-8(2,14)4(13)3-17-7-5(6(9)10-15)11-16-12-7/h4,13-15H,3H2,1-2H3;4,13-15H,3H2,1-2H3,(H2,9,10)/b10-6-;. The molecular weight excluding hydrogens is 518 g/mol. The summed E-state index contributed by atoms with van der Waals surface area (Å²) in [5.41, 5.74) is 3.08. The fraction of sp³-hybridized carbons (Fsp3) is 0.625. The summed E-state index contributed by atoms with van der Waals surface area (Å²) >= 11 is 7.72. The van der Waals surface area contributed by atoms with Crippen LogP contribution in [0, 0.1) is 0 Å². The van der Waals surface area contributed by atoms with Gasteiger partial charge < -0.3 is 36.6 Å². The lowest BCUT2D eigenvalue weighted by atomic mass is 10.0. The maximum atomic E-state index is 9.61. The first-order valence-electron chi connectivity index (χ1n) is 9.29. The number of nitrogens with two attached hydrogens (primary N) is 1. The fourth-order valence-corrected chi connectivity index (χ4v) is 4.00. The molecule has 18 heteroatoms. The molecule has 0 radical (unpaired) electrons. The van der Waals surface area contributed by atoms with E-state index in [1.54, 1.807) is 0 Å². The van der Waals surface area contributed by atoms with E-state index in [0.29, 0.717) is 0 Å². The quantitative estimate of drug-likeness (QED) is 0.0687. The number of aliphatic hydroxyl groups is 4. The van der Waals surface area contributed by atoms with E-state index in [9.17, 15) is 20.4 Å². The van der Waals surface area contributed by atoms with Crippen LogP contribution in [0.3, 0.4) is 0 Å². The number of hydrogen-bond acceptors (Lipinski definition) is 16. The second kappa shape index (κ2) is 13.1. The van der Waals surface area contributed by atoms with Gasteiger partial charge in [-0.2, -0.15) is 0 Å². The van der Waals surface area contributed by atoms with Gasteiger partial charge in [0.25, 0.3) is 0 Å². The predicted molar refractivity (Wildman–Crippen MR) is 121 cm³/mol. The molecule has 0 aliphatic carbocycles. The Hall–Kier alpha value is -2.15. The van der Waals surface area contributed by atoms with Gasteiger partial charge in [0.05, 0.1) is 23.4 Å². The SMILES string of the molecule is CC(C)(O)C(O)CSc1nonc1/C(Cl)=N/O.CC(C)(O)C(O)CSc1nonc1/C(N)=N/O. The van der Waals surface area contributed by atoms with Crippen LogP contribution >= 0.6 is 35.1 Å². The highest BCUT2D eigenvalue weighted by molar-refractivity contribution is 7.99. The molecule has 8 N–H and O–H groups in total. The van der Waals surface area contributed by atoms with Crippen LogP contribution < -0.4 is 5.73 Å². The minimum absolute atomic E-state index is 0.0853. The molecule has 2 rings (SSSR count). The molecule has 0 aliphatic rings. The van der Waals surface area contributed by atoms with Gasteiger partial charge in [0.2, 0.25) is 0 Å². The molecule has 0 saturated carbocycles. The van der Waals surface area contributed by atoms with Crippen molar-refractivity contribution in [1.82, 2.24) is 20.6 Å². The number of halogens is 1. The number of oxime groups is 2. The minimum atomic E-state index is -1.22. The summed E-state index contributed by atoms with van der Waals surface area (Å²) in [5, 5.41) is 75.1. The van der Waals surface area contributed by atoms with Gasteiger partial charge in [0.1, 0.15) is 0 Å². The lowest BCUT2D eigenvalue weighted by molar-refractivity contribution is -0.0350. The Bertz CT molecular complexity index is 882. The molecule has 15 nitrogen and oxygen atoms in total. The summed E-state index contributed by atoms with van der Waals surface area (Å²) in [4.78, 5) is 0. The Labute approximate surface area is 206 Å². The molecule has 0 aliphatic heterocycles. The van der Waals surface area contributed by atoms with Crippen molar-refractivity contribution in [3.8, 4) is 0 Å². The average molecular weight is 544 g/mol. The smallest absolute Gasteiger partial charge is 0.200 e. The van der Waals surface area contributed by atoms with Crippen molar-refractivity contribution in [3.63, 3.8) is 0 Å². The first kappa shape index (κ1) is 29.9. The van der Waals surface area contributed by atoms with Crippen LogP contribution in [-0.2, 0) is 0 Å². The number of thioether (sulfide) groups is 2. The van der Waals surface area contributed by atoms with Gasteiger partial charge in [0.15, 0.2) is 32.4 Å². The van der Waals surface area contributed by atoms with E-state index in [1.807, 2.05) is 0 Å². The van der Waals surface area contributed by atoms with Crippen LogP contribution in [0.2, 0.25) is 0 Å². The topological polar surface area (TPSA) is 250 Å². The fourth-order valence-electron chi connectivity index (χ4n) is 1.65. The highest BCUT2D eigenvalue weighted by Crippen LogP contribution is 2.24. The zero-order chi connectivity index (χ0) is 26.1. The Morgan fingerprint density at radius 3 is 1.68 bits per heavy atom. The van der Waals surface area contributed by atoms with Gasteiger partial charge >= 0.3 is 0 Å². The Kier molecular flexibility index (Phi) is 11.5. The highest BCUT2D eigenvalue weighted by Gasteiger charge is 2.27. The van der Waals surface area contributed by atoms with Crippen molar-refractivity contribution in [1.29, 1.82) is 0 Å². The number of aliphatic hydroxyl groups excluding tert-OH is 2. The predicted octanol–water partition coefficient (Wildman–Crippen LogP) is 0.0561. The van der Waals surface area contributed by atoms with Crippen LogP contribution in [0.4, 0.5) is 0 Å². The number of hydrogen-bond donors (Lipinski definition) is 7. The lowest BCUT2D eigenvalue weighted by Crippen LogP contribution is -2.37. The summed E-state index contributed by atoms with van der Waals surface area (Å²) in [7, 11) is 0. The minimum Gasteiger partial charge on any atom is -0.410 e. The molecule has 2 atom stereocenters. The highest BCUT2D eigenvalue weighted by atomic mass is 35.5. The normalized spacial score (nSPS) is 15.0. The maximum absolute atomic E-state index is 9.61. The van der Waals surface area contributed by atoms with Crippen molar-refractivity contribution in [2.75, 3.05) is 11.5 Å². The molecule has 2 aromatic heterocycles. The van der Waals surface area contributed by atoms with E-state index in [2.05, 4.69) is 40.2 Å². The van der Waals surface area contributed by atoms with Crippen molar-refractivity contribution in [2.24, 2.45) is 16.0 Å². The third-order valence-corrected chi connectivity index (χ3v) is 6.24. The molecule has 0 bridgehead atoms. The first-order valence-corrected chi connectivity index (χ1v) is 11.6. The van der Waals surface area contributed by atoms with E-state index in [0.717, 1.165) is 23.5 Å². The van der Waals surface area contributed by atoms with Crippen LogP contribution in [-0.4, -0.2) is 97.4 Å². The van der Waals surface area contributed by atoms with Crippen LogP contribution in [0.5, 0.6) is 0 Å². The van der Waals surface area contributed by atoms with Crippen molar-refractivity contribution in [2.45, 2.75) is 61.2 Å².